The van der Waals surface area contributed by atoms with Gasteiger partial charge >= 0.3 is 0 Å². The Morgan fingerprint density at radius 1 is 1.03 bits per heavy atom. The van der Waals surface area contributed by atoms with Gasteiger partial charge in [-0.15, -0.1) is 0 Å². The number of piperidine rings is 1. The number of ether oxygens (including phenoxy) is 2. The van der Waals surface area contributed by atoms with E-state index < -0.39 is 0 Å². The molecule has 0 radical (unpaired) electrons. The summed E-state index contributed by atoms with van der Waals surface area (Å²) in [6.45, 7) is 2.75. The lowest BCUT2D eigenvalue weighted by molar-refractivity contribution is -0.118. The van der Waals surface area contributed by atoms with Gasteiger partial charge in [0.2, 0.25) is 0 Å². The van der Waals surface area contributed by atoms with Crippen molar-refractivity contribution in [3.8, 4) is 11.5 Å². The molecule has 4 rings (SSSR count). The van der Waals surface area contributed by atoms with E-state index in [0.717, 1.165) is 5.56 Å². The first-order chi connectivity index (χ1) is 17.4. The van der Waals surface area contributed by atoms with Crippen molar-refractivity contribution >= 4 is 23.4 Å². The first-order valence-electron chi connectivity index (χ1n) is 11.7. The Balaban J connectivity index is 1.22. The molecule has 9 heteroatoms. The number of nitrogens with zero attached hydrogens (tertiary/aromatic N) is 1. The van der Waals surface area contributed by atoms with Crippen molar-refractivity contribution in [2.24, 2.45) is 0 Å². The first kappa shape index (κ1) is 24.8. The van der Waals surface area contributed by atoms with Gasteiger partial charge in [-0.2, -0.15) is 0 Å². The van der Waals surface area contributed by atoms with Crippen LogP contribution in [-0.4, -0.2) is 55.5 Å². The molecular weight excluding hydrogens is 462 g/mol. The number of anilines is 1. The number of carbonyl (C=O) groups is 3. The zero-order valence-electron chi connectivity index (χ0n) is 20.3. The summed E-state index contributed by atoms with van der Waals surface area (Å²) in [7, 11) is 1.56. The molecule has 1 fully saturated rings. The van der Waals surface area contributed by atoms with E-state index in [9.17, 15) is 14.4 Å². The summed E-state index contributed by atoms with van der Waals surface area (Å²) in [4.78, 5) is 39.2. The molecule has 36 heavy (non-hydrogen) atoms. The highest BCUT2D eigenvalue weighted by molar-refractivity contribution is 5.95. The highest BCUT2D eigenvalue weighted by Crippen LogP contribution is 2.19. The second-order valence-electron chi connectivity index (χ2n) is 8.57. The van der Waals surface area contributed by atoms with E-state index in [2.05, 4.69) is 10.6 Å². The van der Waals surface area contributed by atoms with Crippen molar-refractivity contribution in [1.29, 1.82) is 0 Å². The molecule has 188 valence electrons. The Bertz CT molecular complexity index is 1210. The van der Waals surface area contributed by atoms with Crippen LogP contribution >= 0.6 is 0 Å². The number of methoxy groups -OCH3 is 1. The molecule has 0 atom stereocenters. The summed E-state index contributed by atoms with van der Waals surface area (Å²) in [5, 5.41) is 5.74. The molecule has 2 aromatic carbocycles. The maximum absolute atomic E-state index is 12.9. The van der Waals surface area contributed by atoms with Crippen LogP contribution < -0.4 is 20.1 Å². The molecule has 9 nitrogen and oxygen atoms in total. The van der Waals surface area contributed by atoms with Crippen LogP contribution in [0.15, 0.2) is 65.3 Å². The van der Waals surface area contributed by atoms with Crippen molar-refractivity contribution in [2.75, 3.05) is 32.1 Å². The van der Waals surface area contributed by atoms with Crippen molar-refractivity contribution in [3.05, 3.63) is 77.7 Å². The normalized spacial score (nSPS) is 13.7. The molecule has 2 heterocycles. The van der Waals surface area contributed by atoms with Crippen LogP contribution in [0.3, 0.4) is 0 Å². The Hall–Kier alpha value is -4.27. The summed E-state index contributed by atoms with van der Waals surface area (Å²) < 4.78 is 15.9. The number of aryl methyl sites for hydroxylation is 1. The predicted molar refractivity (Wildman–Crippen MR) is 133 cm³/mol. The molecule has 1 aliphatic heterocycles. The minimum Gasteiger partial charge on any atom is -0.497 e. The summed E-state index contributed by atoms with van der Waals surface area (Å²) >= 11 is 0. The van der Waals surface area contributed by atoms with Gasteiger partial charge in [0.1, 0.15) is 11.5 Å². The third kappa shape index (κ3) is 6.24. The number of likely N-dealkylation sites (tertiary alicyclic amines) is 1. The fourth-order valence-electron chi connectivity index (χ4n) is 4.01. The van der Waals surface area contributed by atoms with E-state index in [4.69, 9.17) is 13.9 Å². The van der Waals surface area contributed by atoms with E-state index in [1.807, 2.05) is 6.92 Å². The lowest BCUT2D eigenvalue weighted by atomic mass is 10.0. The van der Waals surface area contributed by atoms with Gasteiger partial charge in [0.15, 0.2) is 12.4 Å². The van der Waals surface area contributed by atoms with E-state index in [0.29, 0.717) is 54.4 Å². The van der Waals surface area contributed by atoms with Gasteiger partial charge in [-0.1, -0.05) is 6.07 Å². The van der Waals surface area contributed by atoms with E-state index in [1.165, 1.54) is 6.26 Å². The first-order valence-corrected chi connectivity index (χ1v) is 11.7. The second-order valence-corrected chi connectivity index (χ2v) is 8.57. The molecule has 0 spiro atoms. The molecule has 0 unspecified atom stereocenters. The summed E-state index contributed by atoms with van der Waals surface area (Å²) in [5.41, 5.74) is 1.95. The van der Waals surface area contributed by atoms with Gasteiger partial charge < -0.3 is 29.4 Å². The molecular formula is C27H29N3O6. The maximum Gasteiger partial charge on any atom is 0.287 e. The summed E-state index contributed by atoms with van der Waals surface area (Å²) in [6.07, 6.45) is 2.83. The molecule has 1 saturated heterocycles. The predicted octanol–water partition coefficient (Wildman–Crippen LogP) is 3.65. The van der Waals surface area contributed by atoms with Gasteiger partial charge in [0.25, 0.3) is 17.7 Å². The smallest absolute Gasteiger partial charge is 0.287 e. The van der Waals surface area contributed by atoms with Crippen LogP contribution in [0.25, 0.3) is 0 Å². The Labute approximate surface area is 209 Å². The van der Waals surface area contributed by atoms with Crippen LogP contribution in [0.2, 0.25) is 0 Å². The molecule has 3 amide bonds. The lowest BCUT2D eigenvalue weighted by Gasteiger charge is -2.32. The minimum atomic E-state index is -0.305. The van der Waals surface area contributed by atoms with Crippen molar-refractivity contribution in [1.82, 2.24) is 10.2 Å². The van der Waals surface area contributed by atoms with E-state index in [-0.39, 0.29) is 30.4 Å². The molecule has 0 saturated carbocycles. The zero-order valence-corrected chi connectivity index (χ0v) is 20.3. The summed E-state index contributed by atoms with van der Waals surface area (Å²) in [6, 6.07) is 15.5. The number of nitrogens with one attached hydrogen (secondary N) is 2. The third-order valence-electron chi connectivity index (χ3n) is 6.01. The second kappa shape index (κ2) is 11.4. The Kier molecular flexibility index (Phi) is 7.89. The SMILES string of the molecule is COc1cccc(NC(=O)COc2ccc(C(=O)N3CCC(NC(=O)c4occc4C)CC3)cc2)c1. The molecule has 3 aromatic rings. The molecule has 0 bridgehead atoms. The Morgan fingerprint density at radius 2 is 1.78 bits per heavy atom. The number of hydrogen-bond acceptors (Lipinski definition) is 6. The fraction of sp³-hybridized carbons (Fsp3) is 0.296. The number of furan rings is 1. The molecule has 1 aromatic heterocycles. The zero-order chi connectivity index (χ0) is 25.5. The monoisotopic (exact) mass is 491 g/mol. The third-order valence-corrected chi connectivity index (χ3v) is 6.01. The number of benzene rings is 2. The van der Waals surface area contributed by atoms with Crippen molar-refractivity contribution in [3.63, 3.8) is 0 Å². The van der Waals surface area contributed by atoms with Crippen LogP contribution in [0, 0.1) is 6.92 Å². The van der Waals surface area contributed by atoms with Gasteiger partial charge in [-0.3, -0.25) is 14.4 Å². The van der Waals surface area contributed by atoms with Gasteiger partial charge in [0, 0.05) is 42.0 Å². The van der Waals surface area contributed by atoms with Crippen LogP contribution in [0.4, 0.5) is 5.69 Å². The van der Waals surface area contributed by atoms with E-state index in [1.54, 1.807) is 66.6 Å². The quantitative estimate of drug-likeness (QED) is 0.498. The molecule has 2 N–H and O–H groups in total. The lowest BCUT2D eigenvalue weighted by Crippen LogP contribution is -2.46. The summed E-state index contributed by atoms with van der Waals surface area (Å²) in [5.74, 6) is 0.849. The van der Waals surface area contributed by atoms with Crippen LogP contribution in [0.5, 0.6) is 11.5 Å². The van der Waals surface area contributed by atoms with Crippen LogP contribution in [0.1, 0.15) is 39.3 Å². The highest BCUT2D eigenvalue weighted by Gasteiger charge is 2.26. The van der Waals surface area contributed by atoms with Gasteiger partial charge in [-0.05, 0) is 62.2 Å². The number of hydrogen-bond donors (Lipinski definition) is 2. The fourth-order valence-corrected chi connectivity index (χ4v) is 4.01. The Morgan fingerprint density at radius 3 is 2.44 bits per heavy atom. The molecule has 1 aliphatic rings. The van der Waals surface area contributed by atoms with Gasteiger partial charge in [-0.25, -0.2) is 0 Å². The van der Waals surface area contributed by atoms with Crippen molar-refractivity contribution < 1.29 is 28.3 Å². The van der Waals surface area contributed by atoms with Crippen molar-refractivity contribution in [2.45, 2.75) is 25.8 Å². The topological polar surface area (TPSA) is 110 Å². The standard InChI is InChI=1S/C27H29N3O6/c1-18-12-15-35-25(18)26(32)29-20-10-13-30(14-11-20)27(33)19-6-8-22(9-7-19)36-17-24(31)28-21-4-3-5-23(16-21)34-2/h3-9,12,15-16,20H,10-11,13-14,17H2,1-2H3,(H,28,31)(H,29,32). The largest absolute Gasteiger partial charge is 0.497 e. The number of carbonyl (C=O) groups excluding carboxylic acids is 3. The maximum atomic E-state index is 12.9. The minimum absolute atomic E-state index is 0.00931. The van der Waals surface area contributed by atoms with E-state index >= 15 is 0 Å². The number of rotatable bonds is 8. The average molecular weight is 492 g/mol. The molecule has 0 aliphatic carbocycles. The van der Waals surface area contributed by atoms with Gasteiger partial charge in [0.05, 0.1) is 13.4 Å². The van der Waals surface area contributed by atoms with Crippen LogP contribution in [-0.2, 0) is 4.79 Å². The highest BCUT2D eigenvalue weighted by atomic mass is 16.5. The number of amides is 3. The average Bonchev–Trinajstić information content (AvgIpc) is 3.34.